The number of hydrogen-bond acceptors (Lipinski definition) is 5. The van der Waals surface area contributed by atoms with Gasteiger partial charge in [0, 0.05) is 19.4 Å². The molecule has 0 fully saturated rings. The van der Waals surface area contributed by atoms with E-state index in [9.17, 15) is 19.5 Å². The number of carbonyl (C=O) groups excluding carboxylic acids is 2. The summed E-state index contributed by atoms with van der Waals surface area (Å²) in [5.74, 6) is 0.253. The van der Waals surface area contributed by atoms with E-state index < -0.39 is 12.0 Å². The Balaban J connectivity index is 3.87. The Morgan fingerprint density at radius 1 is 1.12 bits per heavy atom. The van der Waals surface area contributed by atoms with E-state index in [2.05, 4.69) is 31.4 Å². The number of carboxylic acid groups (broad SMARTS) is 1. The van der Waals surface area contributed by atoms with Crippen LogP contribution in [0, 0.1) is 5.41 Å². The highest BCUT2D eigenvalue weighted by Gasteiger charge is 2.20. The predicted octanol–water partition coefficient (Wildman–Crippen LogP) is 2.05. The van der Waals surface area contributed by atoms with Crippen LogP contribution >= 0.6 is 11.8 Å². The van der Waals surface area contributed by atoms with Crippen LogP contribution in [0.25, 0.3) is 0 Å². The molecule has 0 saturated carbocycles. The summed E-state index contributed by atoms with van der Waals surface area (Å²) in [6.07, 6.45) is 1.79. The van der Waals surface area contributed by atoms with Gasteiger partial charge in [-0.15, -0.1) is 0 Å². The van der Waals surface area contributed by atoms with Crippen LogP contribution in [0.15, 0.2) is 0 Å². The predicted molar refractivity (Wildman–Crippen MR) is 104 cm³/mol. The van der Waals surface area contributed by atoms with Gasteiger partial charge in [0.2, 0.25) is 11.8 Å². The van der Waals surface area contributed by atoms with Crippen molar-refractivity contribution in [1.29, 1.82) is 0 Å². The lowest BCUT2D eigenvalue weighted by atomic mass is 10.0. The maximum Gasteiger partial charge on any atom is 0.326 e. The first kappa shape index (κ1) is 24.7. The topological polar surface area (TPSA) is 105 Å². The molecule has 7 nitrogen and oxygen atoms in total. The molecule has 1 unspecified atom stereocenters. The second kappa shape index (κ2) is 13.9. The van der Waals surface area contributed by atoms with E-state index in [4.69, 9.17) is 4.74 Å². The van der Waals surface area contributed by atoms with Gasteiger partial charge in [0.05, 0.1) is 13.2 Å². The van der Waals surface area contributed by atoms with Crippen LogP contribution in [-0.4, -0.2) is 60.2 Å². The summed E-state index contributed by atoms with van der Waals surface area (Å²) in [4.78, 5) is 34.4. The van der Waals surface area contributed by atoms with Crippen LogP contribution in [0.5, 0.6) is 0 Å². The van der Waals surface area contributed by atoms with E-state index >= 15 is 0 Å². The van der Waals surface area contributed by atoms with Crippen LogP contribution in [-0.2, 0) is 19.1 Å². The molecule has 0 aromatic rings. The molecule has 0 aromatic carbocycles. The fourth-order valence-corrected chi connectivity index (χ4v) is 3.11. The molecule has 0 heterocycles. The summed E-state index contributed by atoms with van der Waals surface area (Å²) in [5.41, 5.74) is 0.194. The first-order valence-electron chi connectivity index (χ1n) is 9.10. The first-order chi connectivity index (χ1) is 12.2. The minimum Gasteiger partial charge on any atom is -0.480 e. The van der Waals surface area contributed by atoms with Crippen molar-refractivity contribution < 1.29 is 24.2 Å². The van der Waals surface area contributed by atoms with Crippen molar-refractivity contribution in [3.8, 4) is 0 Å². The molecule has 0 aliphatic carbocycles. The molecular weight excluding hydrogens is 356 g/mol. The SMILES string of the molecule is CCCC(=O)NCCOCCC(=O)NC(CCSCC(C)(C)C)C(=O)O. The van der Waals surface area contributed by atoms with Crippen LogP contribution < -0.4 is 10.6 Å². The number of aliphatic carboxylic acids is 1. The summed E-state index contributed by atoms with van der Waals surface area (Å²) < 4.78 is 5.28. The van der Waals surface area contributed by atoms with Crippen molar-refractivity contribution in [2.45, 2.75) is 59.4 Å². The minimum absolute atomic E-state index is 0.0116. The first-order valence-corrected chi connectivity index (χ1v) is 10.3. The maximum absolute atomic E-state index is 11.8. The molecule has 152 valence electrons. The Hall–Kier alpha value is -1.28. The molecule has 0 saturated heterocycles. The van der Waals surface area contributed by atoms with Gasteiger partial charge in [-0.25, -0.2) is 4.79 Å². The van der Waals surface area contributed by atoms with Gasteiger partial charge in [-0.05, 0) is 29.8 Å². The summed E-state index contributed by atoms with van der Waals surface area (Å²) in [7, 11) is 0. The molecule has 2 amide bonds. The Morgan fingerprint density at radius 3 is 2.38 bits per heavy atom. The fraction of sp³-hybridized carbons (Fsp3) is 0.833. The molecular formula is C18H34N2O5S. The average molecular weight is 391 g/mol. The largest absolute Gasteiger partial charge is 0.480 e. The third-order valence-electron chi connectivity index (χ3n) is 3.24. The normalized spacial score (nSPS) is 12.5. The number of hydrogen-bond donors (Lipinski definition) is 3. The minimum atomic E-state index is -1.02. The van der Waals surface area contributed by atoms with Crippen LogP contribution in [0.4, 0.5) is 0 Å². The smallest absolute Gasteiger partial charge is 0.326 e. The maximum atomic E-state index is 11.8. The van der Waals surface area contributed by atoms with Gasteiger partial charge >= 0.3 is 5.97 Å². The average Bonchev–Trinajstić information content (AvgIpc) is 2.52. The summed E-state index contributed by atoms with van der Waals surface area (Å²) in [6.45, 7) is 9.25. The standard InChI is InChI=1S/C18H34N2O5S/c1-5-6-15(21)19-9-11-25-10-7-16(22)20-14(17(23)24)8-12-26-13-18(2,3)4/h14H,5-13H2,1-4H3,(H,19,21)(H,20,22)(H,23,24). The molecule has 8 heteroatoms. The van der Waals surface area contributed by atoms with Crippen LogP contribution in [0.1, 0.15) is 53.4 Å². The zero-order valence-electron chi connectivity index (χ0n) is 16.4. The van der Waals surface area contributed by atoms with E-state index in [0.717, 1.165) is 12.2 Å². The Kier molecular flexibility index (Phi) is 13.2. The second-order valence-electron chi connectivity index (χ2n) is 7.32. The van der Waals surface area contributed by atoms with E-state index in [-0.39, 0.29) is 30.3 Å². The zero-order valence-corrected chi connectivity index (χ0v) is 17.2. The van der Waals surface area contributed by atoms with E-state index in [1.807, 2.05) is 6.92 Å². The van der Waals surface area contributed by atoms with Gasteiger partial charge in [0.1, 0.15) is 6.04 Å². The third kappa shape index (κ3) is 15.0. The lowest BCUT2D eigenvalue weighted by molar-refractivity contribution is -0.142. The highest BCUT2D eigenvalue weighted by Crippen LogP contribution is 2.21. The van der Waals surface area contributed by atoms with Crippen molar-refractivity contribution in [2.75, 3.05) is 31.3 Å². The van der Waals surface area contributed by atoms with Crippen molar-refractivity contribution in [1.82, 2.24) is 10.6 Å². The highest BCUT2D eigenvalue weighted by molar-refractivity contribution is 7.99. The number of rotatable bonds is 14. The monoisotopic (exact) mass is 390 g/mol. The van der Waals surface area contributed by atoms with Crippen LogP contribution in [0.2, 0.25) is 0 Å². The summed E-state index contributed by atoms with van der Waals surface area (Å²) in [5, 5.41) is 14.5. The molecule has 0 aliphatic heterocycles. The number of nitrogens with one attached hydrogen (secondary N) is 2. The number of carboxylic acids is 1. The molecule has 0 radical (unpaired) electrons. The van der Waals surface area contributed by atoms with Crippen molar-refractivity contribution >= 4 is 29.5 Å². The lowest BCUT2D eigenvalue weighted by Crippen LogP contribution is -2.41. The number of thioether (sulfide) groups is 1. The van der Waals surface area contributed by atoms with Gasteiger partial charge < -0.3 is 20.5 Å². The molecule has 26 heavy (non-hydrogen) atoms. The number of amides is 2. The van der Waals surface area contributed by atoms with Gasteiger partial charge in [0.25, 0.3) is 0 Å². The second-order valence-corrected chi connectivity index (χ2v) is 8.43. The van der Waals surface area contributed by atoms with E-state index in [0.29, 0.717) is 31.7 Å². The van der Waals surface area contributed by atoms with E-state index in [1.165, 1.54) is 0 Å². The lowest BCUT2D eigenvalue weighted by Gasteiger charge is -2.18. The van der Waals surface area contributed by atoms with Crippen molar-refractivity contribution in [3.05, 3.63) is 0 Å². The van der Waals surface area contributed by atoms with Gasteiger partial charge in [-0.3, -0.25) is 9.59 Å². The Labute approximate surface area is 161 Å². The van der Waals surface area contributed by atoms with Gasteiger partial charge in [-0.1, -0.05) is 27.7 Å². The molecule has 0 aromatic heterocycles. The number of carbonyl (C=O) groups is 3. The highest BCUT2D eigenvalue weighted by atomic mass is 32.2. The molecule has 0 spiro atoms. The van der Waals surface area contributed by atoms with Gasteiger partial charge in [-0.2, -0.15) is 11.8 Å². The Morgan fingerprint density at radius 2 is 1.81 bits per heavy atom. The molecule has 0 aliphatic rings. The summed E-state index contributed by atoms with van der Waals surface area (Å²) >= 11 is 1.69. The third-order valence-corrected chi connectivity index (χ3v) is 4.83. The molecule has 3 N–H and O–H groups in total. The molecule has 1 atom stereocenters. The zero-order chi connectivity index (χ0) is 20.0. The van der Waals surface area contributed by atoms with Crippen molar-refractivity contribution in [2.24, 2.45) is 5.41 Å². The quantitative estimate of drug-likeness (QED) is 0.392. The summed E-state index contributed by atoms with van der Waals surface area (Å²) in [6, 6.07) is -0.872. The molecule has 0 rings (SSSR count). The fourth-order valence-electron chi connectivity index (χ4n) is 1.95. The molecule has 0 bridgehead atoms. The van der Waals surface area contributed by atoms with Crippen molar-refractivity contribution in [3.63, 3.8) is 0 Å². The Bertz CT molecular complexity index is 438. The number of ether oxygens (including phenoxy) is 1. The van der Waals surface area contributed by atoms with E-state index in [1.54, 1.807) is 11.8 Å². The van der Waals surface area contributed by atoms with Gasteiger partial charge in [0.15, 0.2) is 0 Å². The van der Waals surface area contributed by atoms with Crippen LogP contribution in [0.3, 0.4) is 0 Å².